The van der Waals surface area contributed by atoms with E-state index in [9.17, 15) is 10.1 Å². The Hall–Kier alpha value is -2.87. The van der Waals surface area contributed by atoms with E-state index >= 15 is 0 Å². The molecule has 0 radical (unpaired) electrons. The second-order valence-corrected chi connectivity index (χ2v) is 3.00. The van der Waals surface area contributed by atoms with Crippen LogP contribution < -0.4 is 10.6 Å². The van der Waals surface area contributed by atoms with Crippen LogP contribution in [0.2, 0.25) is 0 Å². The Morgan fingerprint density at radius 3 is 2.41 bits per heavy atom. The van der Waals surface area contributed by atoms with E-state index in [-0.39, 0.29) is 30.4 Å². The van der Waals surface area contributed by atoms with E-state index in [1.54, 1.807) is 0 Å². The van der Waals surface area contributed by atoms with Crippen LogP contribution in [0.15, 0.2) is 12.1 Å². The lowest BCUT2D eigenvalue weighted by Gasteiger charge is -2.16. The lowest BCUT2D eigenvalue weighted by atomic mass is 10.3. The van der Waals surface area contributed by atoms with Crippen molar-refractivity contribution in [1.29, 1.82) is 10.5 Å². The zero-order valence-corrected chi connectivity index (χ0v) is 8.70. The molecule has 0 fully saturated rings. The number of nitro groups is 1. The van der Waals surface area contributed by atoms with Crippen molar-refractivity contribution < 1.29 is 4.92 Å². The van der Waals surface area contributed by atoms with Gasteiger partial charge in [-0.05, 0) is 6.07 Å². The molecule has 0 bridgehead atoms. The van der Waals surface area contributed by atoms with Gasteiger partial charge in [0.2, 0.25) is 5.82 Å². The summed E-state index contributed by atoms with van der Waals surface area (Å²) in [5.74, 6) is 0.0181. The first-order chi connectivity index (χ1) is 8.10. The number of rotatable bonds is 4. The Morgan fingerprint density at radius 2 is 2.00 bits per heavy atom. The third-order valence-electron chi connectivity index (χ3n) is 1.93. The summed E-state index contributed by atoms with van der Waals surface area (Å²) >= 11 is 0. The first-order valence-electron chi connectivity index (χ1n) is 4.50. The molecule has 17 heavy (non-hydrogen) atoms. The average molecular weight is 232 g/mol. The van der Waals surface area contributed by atoms with Gasteiger partial charge in [0.1, 0.15) is 18.9 Å². The highest BCUT2D eigenvalue weighted by atomic mass is 16.6. The van der Waals surface area contributed by atoms with E-state index in [1.807, 2.05) is 12.1 Å². The van der Waals surface area contributed by atoms with Crippen molar-refractivity contribution in [2.75, 3.05) is 23.7 Å². The predicted octanol–water partition coefficient (Wildman–Crippen LogP) is 0.426. The van der Waals surface area contributed by atoms with Crippen molar-refractivity contribution in [3.8, 4) is 12.1 Å². The van der Waals surface area contributed by atoms with E-state index in [0.717, 1.165) is 0 Å². The van der Waals surface area contributed by atoms with Crippen molar-refractivity contribution >= 4 is 17.3 Å². The molecule has 0 unspecified atom stereocenters. The Morgan fingerprint density at radius 1 is 1.41 bits per heavy atom. The molecule has 0 aromatic carbocycles. The molecule has 2 N–H and O–H groups in total. The first kappa shape index (κ1) is 12.2. The van der Waals surface area contributed by atoms with Crippen molar-refractivity contribution in [3.63, 3.8) is 0 Å². The number of nitrogens with zero attached hydrogens (tertiary/aromatic N) is 5. The van der Waals surface area contributed by atoms with Gasteiger partial charge in [0, 0.05) is 6.07 Å². The highest BCUT2D eigenvalue weighted by molar-refractivity contribution is 5.58. The third-order valence-corrected chi connectivity index (χ3v) is 1.93. The van der Waals surface area contributed by atoms with Gasteiger partial charge in [0.15, 0.2) is 0 Å². The average Bonchev–Trinajstić information content (AvgIpc) is 2.28. The molecule has 1 heterocycles. The topological polar surface area (TPSA) is 133 Å². The van der Waals surface area contributed by atoms with Gasteiger partial charge in [0.05, 0.1) is 17.1 Å². The summed E-state index contributed by atoms with van der Waals surface area (Å²) in [4.78, 5) is 15.0. The molecule has 0 aliphatic rings. The maximum Gasteiger partial charge on any atom is 0.311 e. The number of nitrogen functional groups attached to an aromatic ring is 1. The second-order valence-electron chi connectivity index (χ2n) is 3.00. The quantitative estimate of drug-likeness (QED) is 0.451. The van der Waals surface area contributed by atoms with Crippen LogP contribution >= 0.6 is 0 Å². The molecule has 1 aromatic rings. The summed E-state index contributed by atoms with van der Waals surface area (Å²) in [5.41, 5.74) is 5.10. The lowest BCUT2D eigenvalue weighted by molar-refractivity contribution is -0.384. The number of aromatic nitrogens is 1. The monoisotopic (exact) mass is 232 g/mol. The molecule has 8 nitrogen and oxygen atoms in total. The number of nitriles is 2. The number of pyridine rings is 1. The summed E-state index contributed by atoms with van der Waals surface area (Å²) in [6.45, 7) is -0.0877. The molecule has 0 aliphatic heterocycles. The van der Waals surface area contributed by atoms with Crippen LogP contribution in [0.25, 0.3) is 0 Å². The maximum atomic E-state index is 10.5. The molecule has 0 saturated heterocycles. The van der Waals surface area contributed by atoms with Crippen molar-refractivity contribution in [1.82, 2.24) is 4.98 Å². The predicted molar refractivity (Wildman–Crippen MR) is 58.7 cm³/mol. The highest BCUT2D eigenvalue weighted by Gasteiger charge is 2.15. The minimum Gasteiger partial charge on any atom is -0.378 e. The fraction of sp³-hybridized carbons (Fsp3) is 0.222. The van der Waals surface area contributed by atoms with Crippen molar-refractivity contribution in [3.05, 3.63) is 22.2 Å². The van der Waals surface area contributed by atoms with Gasteiger partial charge in [-0.25, -0.2) is 4.98 Å². The number of anilines is 2. The fourth-order valence-electron chi connectivity index (χ4n) is 1.18. The summed E-state index contributed by atoms with van der Waals surface area (Å²) in [6, 6.07) is 6.28. The molecule has 0 spiro atoms. The van der Waals surface area contributed by atoms with E-state index in [4.69, 9.17) is 16.3 Å². The Balaban J connectivity index is 3.07. The molecular weight excluding hydrogens is 224 g/mol. The van der Waals surface area contributed by atoms with Crippen LogP contribution in [-0.4, -0.2) is 23.0 Å². The van der Waals surface area contributed by atoms with Gasteiger partial charge >= 0.3 is 5.69 Å². The maximum absolute atomic E-state index is 10.5. The van der Waals surface area contributed by atoms with E-state index < -0.39 is 4.92 Å². The lowest BCUT2D eigenvalue weighted by Crippen LogP contribution is -2.25. The fourth-order valence-corrected chi connectivity index (χ4v) is 1.18. The molecule has 0 aliphatic carbocycles. The standard InChI is InChI=1S/C9H8N6O2/c10-3-5-14(6-4-11)8-2-1-7(15(16)17)9(12)13-8/h1-2H,5-6H2,(H2,12,13). The summed E-state index contributed by atoms with van der Waals surface area (Å²) in [5, 5.41) is 27.7. The summed E-state index contributed by atoms with van der Waals surface area (Å²) in [6.07, 6.45) is 0. The molecule has 1 aromatic heterocycles. The Labute approximate surface area is 96.6 Å². The SMILES string of the molecule is N#CCN(CC#N)c1ccc([N+](=O)[O-])c(N)n1. The normalized spacial score (nSPS) is 9.06. The number of hydrogen-bond donors (Lipinski definition) is 1. The third kappa shape index (κ3) is 2.79. The van der Waals surface area contributed by atoms with E-state index in [1.165, 1.54) is 17.0 Å². The van der Waals surface area contributed by atoms with Gasteiger partial charge < -0.3 is 10.6 Å². The van der Waals surface area contributed by atoms with Crippen LogP contribution in [-0.2, 0) is 0 Å². The largest absolute Gasteiger partial charge is 0.378 e. The number of hydrogen-bond acceptors (Lipinski definition) is 7. The van der Waals surface area contributed by atoms with E-state index in [2.05, 4.69) is 4.98 Å². The highest BCUT2D eigenvalue weighted by Crippen LogP contribution is 2.22. The second kappa shape index (κ2) is 5.28. The van der Waals surface area contributed by atoms with Gasteiger partial charge in [-0.15, -0.1) is 0 Å². The van der Waals surface area contributed by atoms with Crippen LogP contribution in [0.4, 0.5) is 17.3 Å². The molecule has 0 saturated carbocycles. The Bertz CT molecular complexity index is 499. The zero-order valence-electron chi connectivity index (χ0n) is 8.70. The van der Waals surface area contributed by atoms with Gasteiger partial charge in [-0.1, -0.05) is 0 Å². The first-order valence-corrected chi connectivity index (χ1v) is 4.50. The minimum absolute atomic E-state index is 0.0438. The van der Waals surface area contributed by atoms with Crippen LogP contribution in [0.1, 0.15) is 0 Å². The smallest absolute Gasteiger partial charge is 0.311 e. The molecule has 1 rings (SSSR count). The zero-order chi connectivity index (χ0) is 12.8. The van der Waals surface area contributed by atoms with Crippen LogP contribution in [0, 0.1) is 32.8 Å². The van der Waals surface area contributed by atoms with Crippen molar-refractivity contribution in [2.45, 2.75) is 0 Å². The molecule has 0 atom stereocenters. The molecule has 86 valence electrons. The van der Waals surface area contributed by atoms with E-state index in [0.29, 0.717) is 0 Å². The summed E-state index contributed by atoms with van der Waals surface area (Å²) < 4.78 is 0. The molecule has 0 amide bonds. The minimum atomic E-state index is -0.648. The number of nitrogens with two attached hydrogens (primary N) is 1. The van der Waals surface area contributed by atoms with Gasteiger partial charge in [-0.2, -0.15) is 10.5 Å². The van der Waals surface area contributed by atoms with Crippen LogP contribution in [0.5, 0.6) is 0 Å². The Kier molecular flexibility index (Phi) is 3.79. The molecular formula is C9H8N6O2. The van der Waals surface area contributed by atoms with Gasteiger partial charge in [0.25, 0.3) is 0 Å². The summed E-state index contributed by atoms with van der Waals surface area (Å²) in [7, 11) is 0. The van der Waals surface area contributed by atoms with Gasteiger partial charge in [-0.3, -0.25) is 10.1 Å². The van der Waals surface area contributed by atoms with Crippen LogP contribution in [0.3, 0.4) is 0 Å². The van der Waals surface area contributed by atoms with Crippen molar-refractivity contribution in [2.24, 2.45) is 0 Å². The molecule has 8 heteroatoms.